The largest absolute Gasteiger partial charge is 0 e. The van der Waals surface area contributed by atoms with Gasteiger partial charge in [0.25, 0.3) is 0 Å². The number of benzene rings is 4. The number of hydrogen-bond donors (Lipinski definition) is 8. The zero-order valence-electron chi connectivity index (χ0n) is 62.6. The van der Waals surface area contributed by atoms with Crippen LogP contribution in [0.25, 0.3) is 0 Å². The van der Waals surface area contributed by atoms with Crippen molar-refractivity contribution in [3.63, 3.8) is 0 Å². The summed E-state index contributed by atoms with van der Waals surface area (Å²) >= 11 is 4.74. The van der Waals surface area contributed by atoms with Gasteiger partial charge in [0.15, 0.2) is 12.6 Å². The standard InChI is InChI=1S/C31H46N3O9PS.C29H42N3O11PS.C9H18O2.CH3.2HI.Pd.V/c1-21(2)17-34(45(38,39)25-12-10-24(40-3)11-13-25)18-28(35)27(16-32-23-8-6-22(7-9-23)20-44(4,5)37)33-31(36)43-29-19-42-30-26(29)14-15-41-30;1-19(2)15-32(45(38,39)23-10-8-22(40-3)9-11-23)16-26(33)25(14-30-21-6-4-20(5-7-21)18-44(35,36)37)31-29(34)43-27-17-42-28-24(27)12-13-41-28;1-6-11-8(10)7(2)9(3,4)5;;;;;/h6-13,21,26-30,32,35H,14-20H2,1-5H3,(H,33,36);4-11,19,24-28,30,33H,12-18H2,1-3H3,(H,31,34)(H2,35,36,37);7H,6H2,1-5H3;1H3;2*1H;;/q;;;-1;;;;+2/p-2/t26-,27-,28+,29-,30+;24-,25-,26+,27-,28+;7-;;;;;/m000...../s1. The smallest absolute Gasteiger partial charge is 0 e. The second-order valence-corrected chi connectivity index (χ2v) is 48.7. The molecule has 36 heteroatoms. The molecule has 0 unspecified atom stereocenters. The number of anilines is 2. The molecule has 0 saturated carbocycles. The molecule has 603 valence electrons. The van der Waals surface area contributed by atoms with Crippen LogP contribution in [0.5, 0.6) is 11.5 Å². The number of sulfonamides is 2. The molecule has 0 spiro atoms. The predicted molar refractivity (Wildman–Crippen MR) is 416 cm³/mol. The van der Waals surface area contributed by atoms with E-state index in [4.69, 9.17) is 42.6 Å². The Labute approximate surface area is 669 Å². The molecule has 0 bridgehead atoms. The van der Waals surface area contributed by atoms with Crippen LogP contribution in [0.2, 0.25) is 0 Å². The van der Waals surface area contributed by atoms with Crippen molar-refractivity contribution < 1.29 is 133 Å². The van der Waals surface area contributed by atoms with Crippen molar-refractivity contribution in [3.8, 4) is 11.5 Å². The quantitative estimate of drug-likeness (QED) is 0.00562. The summed E-state index contributed by atoms with van der Waals surface area (Å²) in [4.78, 5) is 55.9. The van der Waals surface area contributed by atoms with E-state index in [2.05, 4.69) is 61.2 Å². The van der Waals surface area contributed by atoms with Crippen LogP contribution < -0.4 is 30.7 Å². The molecular formula is C70H109I2N6O22P2PdS2V-. The summed E-state index contributed by atoms with van der Waals surface area (Å²) in [5.41, 5.74) is 2.65. The van der Waals surface area contributed by atoms with Crippen LogP contribution in [0.4, 0.5) is 21.0 Å². The fourth-order valence-corrected chi connectivity index (χ4v) is 16.4. The summed E-state index contributed by atoms with van der Waals surface area (Å²) in [6, 6.07) is 23.8. The van der Waals surface area contributed by atoms with Crippen molar-refractivity contribution in [2.24, 2.45) is 35.0 Å². The Balaban J connectivity index is 0.000000459. The molecule has 8 rings (SSSR count). The number of carbonyl (C=O) groups excluding carboxylic acids is 3. The molecule has 28 nitrogen and oxygen atoms in total. The van der Waals surface area contributed by atoms with E-state index in [9.17, 15) is 60.3 Å². The first-order chi connectivity index (χ1) is 48.8. The number of rotatable bonds is 32. The number of amides is 2. The normalized spacial score (nSPS) is 19.8. The van der Waals surface area contributed by atoms with Gasteiger partial charge in [0.2, 0.25) is 20.0 Å². The zero-order valence-corrected chi connectivity index (χ0v) is 73.3. The molecule has 4 aliphatic rings. The third kappa shape index (κ3) is 32.5. The van der Waals surface area contributed by atoms with Gasteiger partial charge in [-0.2, -0.15) is 8.61 Å². The van der Waals surface area contributed by atoms with E-state index >= 15 is 0 Å². The third-order valence-corrected chi connectivity index (χ3v) is 22.8. The molecule has 11 atom stereocenters. The topological polar surface area (TPSA) is 372 Å². The Bertz CT molecular complexity index is 3410. The summed E-state index contributed by atoms with van der Waals surface area (Å²) in [6.45, 7) is 22.4. The third-order valence-electron chi connectivity index (χ3n) is 17.2. The number of ether oxygens (including phenoxy) is 9. The van der Waals surface area contributed by atoms with Crippen molar-refractivity contribution in [1.82, 2.24) is 19.2 Å². The fourth-order valence-electron chi connectivity index (χ4n) is 11.3. The van der Waals surface area contributed by atoms with Crippen LogP contribution in [0.3, 0.4) is 0 Å². The van der Waals surface area contributed by atoms with E-state index in [-0.39, 0.29) is 131 Å². The Hall–Kier alpha value is -3.24. The Morgan fingerprint density at radius 2 is 0.972 bits per heavy atom. The number of hydrogen-bond acceptors (Lipinski definition) is 22. The van der Waals surface area contributed by atoms with Crippen LogP contribution >= 0.6 is 54.7 Å². The van der Waals surface area contributed by atoms with Crippen molar-refractivity contribution in [2.75, 3.05) is 110 Å². The number of aliphatic hydroxyl groups is 2. The number of nitrogens with one attached hydrogen (secondary N) is 4. The molecule has 2 amide bonds. The maximum Gasteiger partial charge on any atom is 0 e. The van der Waals surface area contributed by atoms with Crippen LogP contribution in [0.1, 0.15) is 86.3 Å². The minimum atomic E-state index is -4.24. The average molecular weight is 1920 g/mol. The summed E-state index contributed by atoms with van der Waals surface area (Å²) in [7, 11) is -10.9. The second-order valence-electron chi connectivity index (χ2n) is 28.0. The van der Waals surface area contributed by atoms with Crippen molar-refractivity contribution in [2.45, 2.75) is 146 Å². The van der Waals surface area contributed by atoms with Gasteiger partial charge in [-0.05, 0) is 134 Å². The molecule has 8 N–H and O–H groups in total. The van der Waals surface area contributed by atoms with Gasteiger partial charge in [0.1, 0.15) is 23.7 Å². The Morgan fingerprint density at radius 3 is 1.28 bits per heavy atom. The number of nitrogens with zero attached hydrogens (tertiary/aromatic N) is 2. The van der Waals surface area contributed by atoms with E-state index in [1.54, 1.807) is 61.9 Å². The number of esters is 1. The van der Waals surface area contributed by atoms with Crippen LogP contribution in [0.15, 0.2) is 107 Å². The first-order valence-corrected chi connectivity index (χ1v) is 50.7. The van der Waals surface area contributed by atoms with Gasteiger partial charge in [0, 0.05) is 77.2 Å². The van der Waals surface area contributed by atoms with E-state index in [0.29, 0.717) is 76.7 Å². The van der Waals surface area contributed by atoms with Gasteiger partial charge in [-0.25, -0.2) is 26.4 Å². The van der Waals surface area contributed by atoms with Crippen LogP contribution in [-0.2, 0) is 109 Å². The molecular weight excluding hydrogens is 1810 g/mol. The van der Waals surface area contributed by atoms with Crippen molar-refractivity contribution in [1.29, 1.82) is 0 Å². The average Bonchev–Trinajstić information content (AvgIpc) is 1.37. The van der Waals surface area contributed by atoms with Gasteiger partial charge >= 0.3 is 75.2 Å². The number of fused-ring (bicyclic) bond motifs is 2. The fraction of sp³-hybridized carbons (Fsp3) is 0.600. The van der Waals surface area contributed by atoms with Crippen molar-refractivity contribution in [3.05, 3.63) is 116 Å². The Morgan fingerprint density at radius 1 is 0.613 bits per heavy atom. The van der Waals surface area contributed by atoms with Crippen LogP contribution in [-0.4, -0.2) is 213 Å². The summed E-state index contributed by atoms with van der Waals surface area (Å²) in [5.74, 6) is 0.624. The first-order valence-electron chi connectivity index (χ1n) is 34.2. The molecule has 0 radical (unpaired) electrons. The van der Waals surface area contributed by atoms with Gasteiger partial charge in [0.05, 0.1) is 112 Å². The Kier molecular flexibility index (Phi) is 42.1. The number of carbonyl (C=O) groups is 3. The molecule has 4 saturated heterocycles. The van der Waals surface area contributed by atoms with Gasteiger partial charge in [-0.3, -0.25) is 9.36 Å². The number of aliphatic hydroxyl groups excluding tert-OH is 2. The molecule has 4 aliphatic heterocycles. The van der Waals surface area contributed by atoms with E-state index in [1.165, 1.54) is 47.1 Å². The molecule has 0 aromatic heterocycles. The van der Waals surface area contributed by atoms with E-state index in [0.717, 1.165) is 5.56 Å². The maximum atomic E-state index is 13.7. The van der Waals surface area contributed by atoms with Gasteiger partial charge < -0.3 is 95.9 Å². The molecule has 4 heterocycles. The van der Waals surface area contributed by atoms with Gasteiger partial charge in [-0.1, -0.05) is 79.7 Å². The molecule has 0 aliphatic carbocycles. The van der Waals surface area contributed by atoms with Crippen LogP contribution in [0, 0.1) is 42.4 Å². The number of halogens is 2. The van der Waals surface area contributed by atoms with E-state index in [1.807, 2.05) is 86.6 Å². The second kappa shape index (κ2) is 46.1. The number of methoxy groups -OCH3 is 2. The molecule has 4 fully saturated rings. The van der Waals surface area contributed by atoms with Gasteiger partial charge in [-0.15, -0.1) is 0 Å². The summed E-state index contributed by atoms with van der Waals surface area (Å²) in [6.07, 6.45) is -4.58. The maximum absolute atomic E-state index is 13.7. The SMILES string of the molecule is CCOC(=O)[C@H](C)C(C)(C)C.COc1ccc(S(=O)(=O)N(CC(C)C)C[C@@H](O)[C@H](CNc2ccc(CP(=O)(O)O)cc2)NC(=O)O[C@H]2CO[C@H]3OCC[C@H]32)cc1.COc1ccc(S(=O)(=O)N(CC(C)C)C[C@@H](O)[C@H](CNc2ccc(CP(C)(C)=O)cc2)NC(=O)O[C@H]2CO[C@H]3OCC[C@H]32)cc1.[CH3-].[I][V][I].[Pd]. The van der Waals surface area contributed by atoms with E-state index < -0.39 is 102 Å². The molecule has 4 aromatic rings. The summed E-state index contributed by atoms with van der Waals surface area (Å²) < 4.78 is 129. The zero-order chi connectivity index (χ0) is 77.3. The number of alkyl carbamates (subject to hydrolysis) is 2. The predicted octanol–water partition coefficient (Wildman–Crippen LogP) is 10.6. The molecule has 106 heavy (non-hydrogen) atoms. The summed E-state index contributed by atoms with van der Waals surface area (Å²) in [5, 5.41) is 34.7. The van der Waals surface area contributed by atoms with Crippen molar-refractivity contribution >= 4 is 104 Å². The first kappa shape index (κ1) is 97.0. The minimum Gasteiger partial charge on any atom is 0 e. The monoisotopic (exact) mass is 1920 g/mol. The minimum absolute atomic E-state index is 0. The molecule has 4 aromatic carbocycles.